The minimum atomic E-state index is -0.949. The second-order valence-electron chi connectivity index (χ2n) is 5.84. The van der Waals surface area contributed by atoms with Crippen LogP contribution in [0.4, 0.5) is 0 Å². The number of benzene rings is 1. The van der Waals surface area contributed by atoms with E-state index in [1.165, 1.54) is 6.92 Å². The first-order valence-corrected chi connectivity index (χ1v) is 8.25. The van der Waals surface area contributed by atoms with E-state index in [0.717, 1.165) is 5.56 Å². The number of nitrogens with two attached hydrogens (primary N) is 1. The van der Waals surface area contributed by atoms with Crippen molar-refractivity contribution in [3.05, 3.63) is 35.9 Å². The Morgan fingerprint density at radius 3 is 2.20 bits per heavy atom. The van der Waals surface area contributed by atoms with Crippen LogP contribution in [0.3, 0.4) is 0 Å². The molecule has 7 heteroatoms. The summed E-state index contributed by atoms with van der Waals surface area (Å²) < 4.78 is 0. The Bertz CT molecular complexity index is 616. The molecule has 1 aromatic carbocycles. The molecule has 0 saturated carbocycles. The molecule has 0 saturated heterocycles. The van der Waals surface area contributed by atoms with Crippen LogP contribution < -0.4 is 16.4 Å². The van der Waals surface area contributed by atoms with Crippen LogP contribution in [0, 0.1) is 0 Å². The van der Waals surface area contributed by atoms with Crippen LogP contribution in [0.5, 0.6) is 0 Å². The van der Waals surface area contributed by atoms with Crippen LogP contribution >= 0.6 is 0 Å². The molecule has 0 bridgehead atoms. The lowest BCUT2D eigenvalue weighted by Crippen LogP contribution is -2.53. The summed E-state index contributed by atoms with van der Waals surface area (Å²) in [5, 5.41) is 5.12. The molecule has 1 aromatic rings. The second kappa shape index (κ2) is 10.2. The van der Waals surface area contributed by atoms with Crippen molar-refractivity contribution in [3.8, 4) is 0 Å². The van der Waals surface area contributed by atoms with Gasteiger partial charge in [-0.15, -0.1) is 0 Å². The van der Waals surface area contributed by atoms with Gasteiger partial charge in [0.2, 0.25) is 17.7 Å². The van der Waals surface area contributed by atoms with Gasteiger partial charge >= 0.3 is 0 Å². The summed E-state index contributed by atoms with van der Waals surface area (Å²) >= 11 is 0. The fourth-order valence-electron chi connectivity index (χ4n) is 2.34. The van der Waals surface area contributed by atoms with Crippen LogP contribution in [0.25, 0.3) is 0 Å². The molecule has 136 valence electrons. The summed E-state index contributed by atoms with van der Waals surface area (Å²) in [6, 6.07) is 7.42. The molecule has 1 rings (SSSR count). The van der Waals surface area contributed by atoms with E-state index in [-0.39, 0.29) is 31.0 Å². The fourth-order valence-corrected chi connectivity index (χ4v) is 2.34. The lowest BCUT2D eigenvalue weighted by atomic mass is 10.0. The van der Waals surface area contributed by atoms with Crippen molar-refractivity contribution in [2.75, 3.05) is 0 Å². The predicted octanol–water partition coefficient (Wildman–Crippen LogP) is 0.463. The van der Waals surface area contributed by atoms with Gasteiger partial charge in [-0.25, -0.2) is 0 Å². The van der Waals surface area contributed by atoms with E-state index in [1.807, 2.05) is 30.3 Å². The highest BCUT2D eigenvalue weighted by Gasteiger charge is 2.25. The molecular weight excluding hydrogens is 322 g/mol. The van der Waals surface area contributed by atoms with Gasteiger partial charge in [-0.3, -0.25) is 19.2 Å². The van der Waals surface area contributed by atoms with Crippen molar-refractivity contribution in [2.45, 2.75) is 51.6 Å². The highest BCUT2D eigenvalue weighted by molar-refractivity contribution is 5.91. The third-order valence-corrected chi connectivity index (χ3v) is 3.74. The van der Waals surface area contributed by atoms with E-state index in [9.17, 15) is 19.2 Å². The number of ketones is 1. The smallest absolute Gasteiger partial charge is 0.243 e. The summed E-state index contributed by atoms with van der Waals surface area (Å²) in [6.45, 7) is 3.05. The molecule has 0 aliphatic carbocycles. The fraction of sp³-hybridized carbons (Fsp3) is 0.444. The lowest BCUT2D eigenvalue weighted by Gasteiger charge is -2.21. The van der Waals surface area contributed by atoms with Crippen LogP contribution in [0.1, 0.15) is 38.7 Å². The zero-order valence-corrected chi connectivity index (χ0v) is 14.6. The Hall–Kier alpha value is -2.70. The topological polar surface area (TPSA) is 118 Å². The lowest BCUT2D eigenvalue weighted by molar-refractivity contribution is -0.131. The molecule has 2 atom stereocenters. The van der Waals surface area contributed by atoms with Crippen LogP contribution in [0.15, 0.2) is 30.3 Å². The number of carbonyl (C=O) groups is 4. The van der Waals surface area contributed by atoms with Gasteiger partial charge in [-0.2, -0.15) is 0 Å². The van der Waals surface area contributed by atoms with Crippen molar-refractivity contribution in [3.63, 3.8) is 0 Å². The summed E-state index contributed by atoms with van der Waals surface area (Å²) in [7, 11) is 0. The Balaban J connectivity index is 2.78. The summed E-state index contributed by atoms with van der Waals surface area (Å²) in [6.07, 6.45) is 0.952. The predicted molar refractivity (Wildman–Crippen MR) is 93.4 cm³/mol. The van der Waals surface area contributed by atoms with Crippen molar-refractivity contribution < 1.29 is 19.2 Å². The monoisotopic (exact) mass is 347 g/mol. The SMILES string of the molecule is CCC(=O)CC[C@@H](NC(=O)[C@@H](Cc1ccccc1)NC(C)=O)C(N)=O. The number of Topliss-reactive ketones (excluding diaryl/α,β-unsaturated/α-hetero) is 1. The third-order valence-electron chi connectivity index (χ3n) is 3.74. The van der Waals surface area contributed by atoms with Crippen molar-refractivity contribution in [2.24, 2.45) is 5.73 Å². The number of carbonyl (C=O) groups excluding carboxylic acids is 4. The molecular formula is C18H25N3O4. The largest absolute Gasteiger partial charge is 0.368 e. The zero-order valence-electron chi connectivity index (χ0n) is 14.6. The first kappa shape index (κ1) is 20.3. The van der Waals surface area contributed by atoms with Crippen molar-refractivity contribution in [1.82, 2.24) is 10.6 Å². The molecule has 3 amide bonds. The standard InChI is InChI=1S/C18H25N3O4/c1-3-14(23)9-10-15(17(19)24)21-18(25)16(20-12(2)22)11-13-7-5-4-6-8-13/h4-8,15-16H,3,9-11H2,1-2H3,(H2,19,24)(H,20,22)(H,21,25)/t15-,16-/m1/s1. The molecule has 0 aromatic heterocycles. The summed E-state index contributed by atoms with van der Waals surface area (Å²) in [5.41, 5.74) is 6.18. The molecule has 0 aliphatic heterocycles. The third kappa shape index (κ3) is 7.60. The van der Waals surface area contributed by atoms with E-state index in [1.54, 1.807) is 6.92 Å². The van der Waals surface area contributed by atoms with Gasteiger partial charge in [-0.05, 0) is 12.0 Å². The number of nitrogens with one attached hydrogen (secondary N) is 2. The molecule has 0 spiro atoms. The van der Waals surface area contributed by atoms with Crippen LogP contribution in [-0.2, 0) is 25.6 Å². The zero-order chi connectivity index (χ0) is 18.8. The van der Waals surface area contributed by atoms with Crippen molar-refractivity contribution in [1.29, 1.82) is 0 Å². The maximum absolute atomic E-state index is 12.5. The second-order valence-corrected chi connectivity index (χ2v) is 5.84. The Labute approximate surface area is 147 Å². The molecule has 0 fully saturated rings. The summed E-state index contributed by atoms with van der Waals surface area (Å²) in [5.74, 6) is -1.58. The van der Waals surface area contributed by atoms with Gasteiger partial charge in [-0.1, -0.05) is 37.3 Å². The quantitative estimate of drug-likeness (QED) is 0.570. The van der Waals surface area contributed by atoms with E-state index in [2.05, 4.69) is 10.6 Å². The Morgan fingerprint density at radius 2 is 1.68 bits per heavy atom. The van der Waals surface area contributed by atoms with Gasteiger partial charge in [0.25, 0.3) is 0 Å². The molecule has 4 N–H and O–H groups in total. The maximum Gasteiger partial charge on any atom is 0.243 e. The van der Waals surface area contributed by atoms with E-state index >= 15 is 0 Å². The number of rotatable bonds is 10. The molecule has 0 unspecified atom stereocenters. The molecule has 7 nitrogen and oxygen atoms in total. The Morgan fingerprint density at radius 1 is 1.04 bits per heavy atom. The highest BCUT2D eigenvalue weighted by Crippen LogP contribution is 2.06. The average Bonchev–Trinajstić information content (AvgIpc) is 2.57. The van der Waals surface area contributed by atoms with Gasteiger partial charge < -0.3 is 16.4 Å². The number of primary amides is 1. The molecule has 0 radical (unpaired) electrons. The van der Waals surface area contributed by atoms with E-state index in [4.69, 9.17) is 5.73 Å². The van der Waals surface area contributed by atoms with Gasteiger partial charge in [0.05, 0.1) is 0 Å². The van der Waals surface area contributed by atoms with Gasteiger partial charge in [0.15, 0.2) is 0 Å². The van der Waals surface area contributed by atoms with Crippen LogP contribution in [-0.4, -0.2) is 35.6 Å². The number of hydrogen-bond donors (Lipinski definition) is 3. The normalized spacial score (nSPS) is 12.7. The molecule has 0 aliphatic rings. The minimum Gasteiger partial charge on any atom is -0.368 e. The first-order valence-electron chi connectivity index (χ1n) is 8.25. The number of amides is 3. The highest BCUT2D eigenvalue weighted by atomic mass is 16.2. The maximum atomic E-state index is 12.5. The Kier molecular flexibility index (Phi) is 8.32. The van der Waals surface area contributed by atoms with E-state index in [0.29, 0.717) is 6.42 Å². The van der Waals surface area contributed by atoms with E-state index < -0.39 is 23.9 Å². The average molecular weight is 347 g/mol. The number of hydrogen-bond acceptors (Lipinski definition) is 4. The summed E-state index contributed by atoms with van der Waals surface area (Å²) in [4.78, 5) is 46.9. The van der Waals surface area contributed by atoms with Gasteiger partial charge in [0, 0.05) is 26.2 Å². The molecule has 25 heavy (non-hydrogen) atoms. The first-order chi connectivity index (χ1) is 11.8. The van der Waals surface area contributed by atoms with Crippen molar-refractivity contribution >= 4 is 23.5 Å². The van der Waals surface area contributed by atoms with Crippen LogP contribution in [0.2, 0.25) is 0 Å². The molecule has 0 heterocycles. The van der Waals surface area contributed by atoms with Gasteiger partial charge in [0.1, 0.15) is 17.9 Å². The minimum absolute atomic E-state index is 0.0109.